The summed E-state index contributed by atoms with van der Waals surface area (Å²) < 4.78 is 84.9. The minimum Gasteiger partial charge on any atom is -0.468 e. The van der Waals surface area contributed by atoms with Crippen LogP contribution in [0.3, 0.4) is 0 Å². The number of ether oxygens (including phenoxy) is 2. The molecule has 1 aliphatic rings. The Labute approximate surface area is 267 Å². The van der Waals surface area contributed by atoms with E-state index in [1.165, 1.54) is 5.32 Å². The van der Waals surface area contributed by atoms with E-state index in [1.54, 1.807) is 5.32 Å². The number of hydrogen-bond donors (Lipinski definition) is 5. The maximum Gasteiger partial charge on any atom is 0.471 e. The van der Waals surface area contributed by atoms with Crippen LogP contribution < -0.4 is 27.0 Å². The minimum atomic E-state index is -5.35. The number of hydrogen-bond acceptors (Lipinski definition) is 11. The number of halogens is 6. The third-order valence-electron chi connectivity index (χ3n) is 6.13. The van der Waals surface area contributed by atoms with E-state index in [0.717, 1.165) is 19.1 Å². The molecule has 1 heterocycles. The topological polar surface area (TPSA) is 228 Å². The lowest BCUT2D eigenvalue weighted by atomic mass is 10.1. The molecule has 1 saturated heterocycles. The highest BCUT2D eigenvalue weighted by atomic mass is 32.2. The predicted octanol–water partition coefficient (Wildman–Crippen LogP) is -1.52. The molecule has 0 aliphatic carbocycles. The summed E-state index contributed by atoms with van der Waals surface area (Å²) in [6.45, 7) is -1.07. The highest BCUT2D eigenvalue weighted by Gasteiger charge is 2.44. The van der Waals surface area contributed by atoms with Gasteiger partial charge in [-0.25, -0.2) is 0 Å². The highest BCUT2D eigenvalue weighted by molar-refractivity contribution is 8.00. The standard InChI is InChI=1S/C24H33F6N7O9S/c1-45-15(38)9-33-17(40)12(5-3-7-32-22(31)36-21(44)24(28,29)30)34-18(41)14-6-4-8-37(14)19(42)13(10-47-11-16(39)46-2)35-20(43)23(25,26)27/h12-14H,3-11H2,1-2H3,(H,33,40)(H,34,41)(H,35,43)(H3,31,32,36,44)/t12-,13-,14-/m0/s1. The molecule has 1 rings (SSSR count). The smallest absolute Gasteiger partial charge is 0.468 e. The molecule has 0 aromatic carbocycles. The second kappa shape index (κ2) is 18.7. The molecule has 47 heavy (non-hydrogen) atoms. The van der Waals surface area contributed by atoms with Crippen LogP contribution in [-0.4, -0.2) is 128 Å². The molecule has 0 unspecified atom stereocenters. The summed E-state index contributed by atoms with van der Waals surface area (Å²) in [4.78, 5) is 89.2. The first kappa shape index (κ1) is 40.7. The Balaban J connectivity index is 3.07. The SMILES string of the molecule is COC(=O)CNC(=O)[C@H](CCCN=C(N)NC(=O)C(F)(F)F)NC(=O)[C@@H]1CCCN1C(=O)[C@H](CSCC(=O)OC)NC(=O)C(F)(F)F. The molecule has 6 N–H and O–H groups in total. The van der Waals surface area contributed by atoms with E-state index in [0.29, 0.717) is 11.8 Å². The predicted molar refractivity (Wildman–Crippen MR) is 149 cm³/mol. The largest absolute Gasteiger partial charge is 0.471 e. The fraction of sp³-hybridized carbons (Fsp3) is 0.667. The number of aliphatic imine (C=N–C) groups is 1. The number of methoxy groups -OCH3 is 2. The summed E-state index contributed by atoms with van der Waals surface area (Å²) in [6.07, 6.45) is -10.7. The number of thioether (sulfide) groups is 1. The molecule has 1 fully saturated rings. The number of esters is 2. The fourth-order valence-electron chi connectivity index (χ4n) is 3.85. The van der Waals surface area contributed by atoms with Crippen molar-refractivity contribution >= 4 is 59.2 Å². The van der Waals surface area contributed by atoms with E-state index in [4.69, 9.17) is 5.73 Å². The van der Waals surface area contributed by atoms with Gasteiger partial charge in [-0.2, -0.15) is 26.3 Å². The molecule has 0 bridgehead atoms. The minimum absolute atomic E-state index is 0.00302. The van der Waals surface area contributed by atoms with Crippen LogP contribution in [0, 0.1) is 0 Å². The number of carbonyl (C=O) groups is 7. The molecular formula is C24H33F6N7O9S. The first-order chi connectivity index (χ1) is 21.8. The molecule has 3 atom stereocenters. The van der Waals surface area contributed by atoms with Gasteiger partial charge in [0.25, 0.3) is 0 Å². The maximum atomic E-state index is 13.3. The first-order valence-corrected chi connectivity index (χ1v) is 14.6. The Kier molecular flexibility index (Phi) is 16.2. The molecule has 0 spiro atoms. The summed E-state index contributed by atoms with van der Waals surface area (Å²) >= 11 is 0.691. The number of likely N-dealkylation sites (tertiary alicyclic amines) is 1. The number of guanidine groups is 1. The van der Waals surface area contributed by atoms with E-state index < -0.39 is 90.2 Å². The van der Waals surface area contributed by atoms with Crippen LogP contribution in [0.1, 0.15) is 25.7 Å². The molecule has 0 radical (unpaired) electrons. The number of rotatable bonds is 15. The average Bonchev–Trinajstić information content (AvgIpc) is 3.49. The van der Waals surface area contributed by atoms with E-state index in [-0.39, 0.29) is 44.5 Å². The first-order valence-electron chi connectivity index (χ1n) is 13.5. The van der Waals surface area contributed by atoms with Gasteiger partial charge in [-0.05, 0) is 25.7 Å². The van der Waals surface area contributed by atoms with Crippen molar-refractivity contribution in [2.75, 3.05) is 45.4 Å². The summed E-state index contributed by atoms with van der Waals surface area (Å²) in [5.41, 5.74) is 5.25. The number of nitrogens with two attached hydrogens (primary N) is 1. The van der Waals surface area contributed by atoms with Crippen LogP contribution in [0.2, 0.25) is 0 Å². The zero-order valence-corrected chi connectivity index (χ0v) is 25.7. The average molecular weight is 710 g/mol. The molecule has 1 aliphatic heterocycles. The molecule has 16 nitrogen and oxygen atoms in total. The van der Waals surface area contributed by atoms with Gasteiger partial charge in [0, 0.05) is 18.8 Å². The third-order valence-corrected chi connectivity index (χ3v) is 7.14. The van der Waals surface area contributed by atoms with Crippen molar-refractivity contribution in [2.45, 2.75) is 56.2 Å². The van der Waals surface area contributed by atoms with Crippen LogP contribution in [0.15, 0.2) is 4.99 Å². The van der Waals surface area contributed by atoms with Crippen LogP contribution in [-0.2, 0) is 43.0 Å². The van der Waals surface area contributed by atoms with Gasteiger partial charge in [0.05, 0.1) is 20.0 Å². The van der Waals surface area contributed by atoms with Crippen molar-refractivity contribution < 1.29 is 69.4 Å². The number of nitrogens with one attached hydrogen (secondary N) is 4. The summed E-state index contributed by atoms with van der Waals surface area (Å²) in [5, 5.41) is 7.45. The van der Waals surface area contributed by atoms with Crippen LogP contribution >= 0.6 is 11.8 Å². The quantitative estimate of drug-likeness (QED) is 0.0431. The van der Waals surface area contributed by atoms with Crippen LogP contribution in [0.25, 0.3) is 0 Å². The summed E-state index contributed by atoms with van der Waals surface area (Å²) in [6, 6.07) is -4.56. The van der Waals surface area contributed by atoms with E-state index >= 15 is 0 Å². The lowest BCUT2D eigenvalue weighted by Gasteiger charge is -2.30. The van der Waals surface area contributed by atoms with Crippen molar-refractivity contribution in [3.8, 4) is 0 Å². The normalized spacial score (nSPS) is 16.4. The van der Waals surface area contributed by atoms with Gasteiger partial charge in [0.15, 0.2) is 5.96 Å². The fourth-order valence-corrected chi connectivity index (χ4v) is 4.71. The van der Waals surface area contributed by atoms with E-state index in [1.807, 2.05) is 0 Å². The van der Waals surface area contributed by atoms with Crippen molar-refractivity contribution in [1.29, 1.82) is 0 Å². The van der Waals surface area contributed by atoms with Gasteiger partial charge < -0.3 is 36.1 Å². The van der Waals surface area contributed by atoms with Crippen LogP contribution in [0.5, 0.6) is 0 Å². The lowest BCUT2D eigenvalue weighted by molar-refractivity contribution is -0.175. The van der Waals surface area contributed by atoms with Crippen molar-refractivity contribution in [3.05, 3.63) is 0 Å². The van der Waals surface area contributed by atoms with Gasteiger partial charge in [-0.3, -0.25) is 43.9 Å². The Hall–Kier alpha value is -4.31. The second-order valence-corrected chi connectivity index (χ2v) is 10.6. The van der Waals surface area contributed by atoms with Gasteiger partial charge in [0.1, 0.15) is 24.7 Å². The molecule has 0 aromatic rings. The highest BCUT2D eigenvalue weighted by Crippen LogP contribution is 2.22. The Bertz CT molecular complexity index is 1200. The molecular weight excluding hydrogens is 676 g/mol. The number of nitrogens with zero attached hydrogens (tertiary/aromatic N) is 2. The van der Waals surface area contributed by atoms with Crippen molar-refractivity contribution in [3.63, 3.8) is 0 Å². The van der Waals surface area contributed by atoms with Gasteiger partial charge in [-0.15, -0.1) is 11.8 Å². The zero-order valence-electron chi connectivity index (χ0n) is 24.9. The zero-order chi connectivity index (χ0) is 35.9. The Morgan fingerprint density at radius 2 is 1.55 bits per heavy atom. The summed E-state index contributed by atoms with van der Waals surface area (Å²) in [5.74, 6) is -11.1. The van der Waals surface area contributed by atoms with Crippen LogP contribution in [0.4, 0.5) is 26.3 Å². The van der Waals surface area contributed by atoms with Gasteiger partial charge in [-0.1, -0.05) is 0 Å². The third kappa shape index (κ3) is 14.3. The Morgan fingerprint density at radius 1 is 0.936 bits per heavy atom. The molecule has 5 amide bonds. The number of amides is 5. The van der Waals surface area contributed by atoms with Crippen molar-refractivity contribution in [1.82, 2.24) is 26.2 Å². The number of carbonyl (C=O) groups excluding carboxylic acids is 7. The Morgan fingerprint density at radius 3 is 2.13 bits per heavy atom. The molecule has 266 valence electrons. The number of alkyl halides is 6. The molecule has 23 heteroatoms. The lowest BCUT2D eigenvalue weighted by Crippen LogP contribution is -2.58. The van der Waals surface area contributed by atoms with Gasteiger partial charge in [0.2, 0.25) is 17.7 Å². The van der Waals surface area contributed by atoms with E-state index in [9.17, 15) is 59.9 Å². The second-order valence-electron chi connectivity index (χ2n) is 9.52. The summed E-state index contributed by atoms with van der Waals surface area (Å²) in [7, 11) is 2.10. The molecule has 0 saturated carbocycles. The monoisotopic (exact) mass is 709 g/mol. The van der Waals surface area contributed by atoms with Crippen molar-refractivity contribution in [2.24, 2.45) is 10.7 Å². The van der Waals surface area contributed by atoms with E-state index in [2.05, 4.69) is 25.1 Å². The van der Waals surface area contributed by atoms with Gasteiger partial charge >= 0.3 is 36.1 Å². The maximum absolute atomic E-state index is 13.3. The molecule has 0 aromatic heterocycles.